The first-order valence-corrected chi connectivity index (χ1v) is 7.16. The van der Waals surface area contributed by atoms with Gasteiger partial charge in [0.25, 0.3) is 0 Å². The van der Waals surface area contributed by atoms with Gasteiger partial charge in [-0.2, -0.15) is 0 Å². The topological polar surface area (TPSA) is 80.9 Å². The smallest absolute Gasteiger partial charge is 0.333 e. The summed E-state index contributed by atoms with van der Waals surface area (Å²) in [5.41, 5.74) is -0.422. The maximum Gasteiger partial charge on any atom is 0.333 e. The van der Waals surface area contributed by atoms with Gasteiger partial charge in [0.2, 0.25) is 11.8 Å². The van der Waals surface area contributed by atoms with Crippen LogP contribution in [0.3, 0.4) is 0 Å². The molecule has 1 aromatic rings. The van der Waals surface area contributed by atoms with Crippen molar-refractivity contribution < 1.29 is 24.6 Å². The van der Waals surface area contributed by atoms with Crippen LogP contribution in [0.15, 0.2) is 12.1 Å². The molecule has 0 radical (unpaired) electrons. The molecular formula is C15H25NO5. The minimum Gasteiger partial charge on any atom is -0.492 e. The van der Waals surface area contributed by atoms with Crippen molar-refractivity contribution in [1.82, 2.24) is 4.73 Å². The van der Waals surface area contributed by atoms with Crippen LogP contribution in [0.1, 0.15) is 47.0 Å². The van der Waals surface area contributed by atoms with Crippen molar-refractivity contribution in [2.75, 3.05) is 6.61 Å². The zero-order valence-corrected chi connectivity index (χ0v) is 13.1. The second-order valence-corrected chi connectivity index (χ2v) is 6.10. The van der Waals surface area contributed by atoms with Gasteiger partial charge in [-0.3, -0.25) is 0 Å². The van der Waals surface area contributed by atoms with E-state index in [0.29, 0.717) is 23.7 Å². The quantitative estimate of drug-likeness (QED) is 0.770. The Labute approximate surface area is 125 Å². The van der Waals surface area contributed by atoms with Gasteiger partial charge in [-0.25, -0.2) is 4.79 Å². The van der Waals surface area contributed by atoms with Crippen LogP contribution in [0.5, 0.6) is 11.8 Å². The Kier molecular flexibility index (Phi) is 6.08. The molecule has 0 fully saturated rings. The molecule has 0 amide bonds. The summed E-state index contributed by atoms with van der Waals surface area (Å²) in [5.74, 6) is -0.621. The number of hydrogen-bond acceptors (Lipinski definition) is 5. The fraction of sp³-hybridized carbons (Fsp3) is 0.667. The highest BCUT2D eigenvalue weighted by molar-refractivity contribution is 5.70. The van der Waals surface area contributed by atoms with Gasteiger partial charge in [-0.1, -0.05) is 13.8 Å². The zero-order valence-electron chi connectivity index (χ0n) is 13.1. The molecular weight excluding hydrogens is 274 g/mol. The summed E-state index contributed by atoms with van der Waals surface area (Å²) in [6.45, 7) is 8.75. The largest absolute Gasteiger partial charge is 0.492 e. The SMILES string of the molecule is CC(C)CCOC(C)(C)CCC(=O)On1c(O)ccc1O. The predicted octanol–water partition coefficient (Wildman–Crippen LogP) is 2.48. The first-order chi connectivity index (χ1) is 9.71. The average molecular weight is 299 g/mol. The predicted molar refractivity (Wildman–Crippen MR) is 78.1 cm³/mol. The van der Waals surface area contributed by atoms with E-state index in [0.717, 1.165) is 6.42 Å². The molecule has 0 unspecified atom stereocenters. The summed E-state index contributed by atoms with van der Waals surface area (Å²) in [6.07, 6.45) is 1.59. The Morgan fingerprint density at radius 2 is 1.86 bits per heavy atom. The highest BCUT2D eigenvalue weighted by atomic mass is 16.7. The van der Waals surface area contributed by atoms with Crippen molar-refractivity contribution in [2.45, 2.75) is 52.6 Å². The number of aromatic hydroxyl groups is 2. The first kappa shape index (κ1) is 17.4. The van der Waals surface area contributed by atoms with Crippen LogP contribution >= 0.6 is 0 Å². The molecule has 120 valence electrons. The number of rotatable bonds is 8. The fourth-order valence-electron chi connectivity index (χ4n) is 1.69. The summed E-state index contributed by atoms with van der Waals surface area (Å²) >= 11 is 0. The number of hydrogen-bond donors (Lipinski definition) is 2. The molecule has 0 spiro atoms. The van der Waals surface area contributed by atoms with Crippen LogP contribution < -0.4 is 4.84 Å². The molecule has 2 N–H and O–H groups in total. The summed E-state index contributed by atoms with van der Waals surface area (Å²) in [6, 6.07) is 2.48. The number of carbonyl (C=O) groups is 1. The number of carbonyl (C=O) groups excluding carboxylic acids is 1. The first-order valence-electron chi connectivity index (χ1n) is 7.16. The molecule has 0 aliphatic heterocycles. The molecule has 1 heterocycles. The van der Waals surface area contributed by atoms with E-state index in [2.05, 4.69) is 13.8 Å². The highest BCUT2D eigenvalue weighted by Crippen LogP contribution is 2.21. The molecule has 1 rings (SSSR count). The normalized spacial score (nSPS) is 11.9. The van der Waals surface area contributed by atoms with Crippen molar-refractivity contribution in [1.29, 1.82) is 0 Å². The maximum atomic E-state index is 11.7. The Hall–Kier alpha value is -1.69. The van der Waals surface area contributed by atoms with Gasteiger partial charge in [0.1, 0.15) is 0 Å². The van der Waals surface area contributed by atoms with Gasteiger partial charge in [0.15, 0.2) is 0 Å². The Morgan fingerprint density at radius 3 is 2.38 bits per heavy atom. The second kappa shape index (κ2) is 7.36. The minimum atomic E-state index is -0.544. The third kappa shape index (κ3) is 6.08. The van der Waals surface area contributed by atoms with E-state index < -0.39 is 11.6 Å². The average Bonchev–Trinajstić information content (AvgIpc) is 2.68. The molecule has 0 aliphatic rings. The molecule has 0 atom stereocenters. The number of aromatic nitrogens is 1. The third-order valence-corrected chi connectivity index (χ3v) is 3.11. The minimum absolute atomic E-state index is 0.131. The Morgan fingerprint density at radius 1 is 1.29 bits per heavy atom. The van der Waals surface area contributed by atoms with Crippen molar-refractivity contribution in [3.8, 4) is 11.8 Å². The molecule has 1 aromatic heterocycles. The molecule has 6 nitrogen and oxygen atoms in total. The van der Waals surface area contributed by atoms with E-state index >= 15 is 0 Å². The zero-order chi connectivity index (χ0) is 16.0. The standard InChI is InChI=1S/C15H25NO5/c1-11(2)8-10-20-15(3,4)9-7-14(19)21-16-12(17)5-6-13(16)18/h5-6,11,17-18H,7-10H2,1-4H3. The lowest BCUT2D eigenvalue weighted by Gasteiger charge is -2.25. The summed E-state index contributed by atoms with van der Waals surface area (Å²) in [5, 5.41) is 18.8. The Bertz CT molecular complexity index is 445. The van der Waals surface area contributed by atoms with E-state index in [4.69, 9.17) is 9.57 Å². The van der Waals surface area contributed by atoms with Crippen molar-refractivity contribution in [3.05, 3.63) is 12.1 Å². The van der Waals surface area contributed by atoms with Crippen LogP contribution in [0.25, 0.3) is 0 Å². The van der Waals surface area contributed by atoms with Crippen LogP contribution in [-0.4, -0.2) is 33.1 Å². The molecule has 0 aromatic carbocycles. The fourth-order valence-corrected chi connectivity index (χ4v) is 1.69. The van der Waals surface area contributed by atoms with Gasteiger partial charge in [-0.15, -0.1) is 4.73 Å². The molecule has 6 heteroatoms. The van der Waals surface area contributed by atoms with Crippen molar-refractivity contribution >= 4 is 5.97 Å². The van der Waals surface area contributed by atoms with Gasteiger partial charge in [-0.05, 0) is 32.6 Å². The van der Waals surface area contributed by atoms with E-state index in [9.17, 15) is 15.0 Å². The van der Waals surface area contributed by atoms with Crippen LogP contribution in [0.4, 0.5) is 0 Å². The lowest BCUT2D eigenvalue weighted by Crippen LogP contribution is -2.28. The van der Waals surface area contributed by atoms with Crippen LogP contribution in [0.2, 0.25) is 0 Å². The lowest BCUT2D eigenvalue weighted by atomic mass is 10.0. The number of ether oxygens (including phenoxy) is 1. The van der Waals surface area contributed by atoms with Gasteiger partial charge >= 0.3 is 5.97 Å². The summed E-state index contributed by atoms with van der Waals surface area (Å²) in [4.78, 5) is 16.6. The molecule has 0 bridgehead atoms. The second-order valence-electron chi connectivity index (χ2n) is 6.10. The third-order valence-electron chi connectivity index (χ3n) is 3.11. The summed E-state index contributed by atoms with van der Waals surface area (Å²) in [7, 11) is 0. The van der Waals surface area contributed by atoms with Crippen LogP contribution in [0, 0.1) is 5.92 Å². The number of nitrogens with zero attached hydrogens (tertiary/aromatic N) is 1. The van der Waals surface area contributed by atoms with Crippen molar-refractivity contribution in [2.24, 2.45) is 5.92 Å². The van der Waals surface area contributed by atoms with E-state index in [1.807, 2.05) is 13.8 Å². The molecule has 0 aliphatic carbocycles. The van der Waals surface area contributed by atoms with Gasteiger partial charge < -0.3 is 19.8 Å². The van der Waals surface area contributed by atoms with Gasteiger partial charge in [0.05, 0.1) is 12.0 Å². The van der Waals surface area contributed by atoms with E-state index in [1.54, 1.807) is 0 Å². The summed E-state index contributed by atoms with van der Waals surface area (Å²) < 4.78 is 6.45. The highest BCUT2D eigenvalue weighted by Gasteiger charge is 2.21. The van der Waals surface area contributed by atoms with Gasteiger partial charge in [0, 0.05) is 18.7 Å². The monoisotopic (exact) mass is 299 g/mol. The van der Waals surface area contributed by atoms with Crippen molar-refractivity contribution in [3.63, 3.8) is 0 Å². The molecule has 0 saturated heterocycles. The van der Waals surface area contributed by atoms with Crippen LogP contribution in [-0.2, 0) is 9.53 Å². The van der Waals surface area contributed by atoms with E-state index in [-0.39, 0.29) is 18.2 Å². The molecule has 0 saturated carbocycles. The lowest BCUT2D eigenvalue weighted by molar-refractivity contribution is -0.147. The molecule has 21 heavy (non-hydrogen) atoms. The Balaban J connectivity index is 2.38. The van der Waals surface area contributed by atoms with E-state index in [1.165, 1.54) is 12.1 Å². The maximum absolute atomic E-state index is 11.7.